The van der Waals surface area contributed by atoms with Crippen molar-refractivity contribution in [2.75, 3.05) is 16.8 Å². The fraction of sp³-hybridized carbons (Fsp3) is 0.222. The van der Waals surface area contributed by atoms with E-state index < -0.39 is 0 Å². The molecule has 1 heterocycles. The third-order valence-corrected chi connectivity index (χ3v) is 5.92. The number of nitrogens with zero attached hydrogens (tertiary/aromatic N) is 2. The van der Waals surface area contributed by atoms with E-state index in [1.54, 1.807) is 0 Å². The molecule has 5 nitrogen and oxygen atoms in total. The van der Waals surface area contributed by atoms with Crippen molar-refractivity contribution in [1.82, 2.24) is 0 Å². The normalized spacial score (nSPS) is 13.3. The number of amides is 2. The Labute approximate surface area is 188 Å². The third-order valence-electron chi connectivity index (χ3n) is 5.92. The van der Waals surface area contributed by atoms with Crippen molar-refractivity contribution in [2.24, 2.45) is 4.99 Å². The first-order valence-electron chi connectivity index (χ1n) is 10.7. The fourth-order valence-electron chi connectivity index (χ4n) is 4.03. The molecule has 5 heteroatoms. The van der Waals surface area contributed by atoms with E-state index in [1.807, 2.05) is 82.3 Å². The van der Waals surface area contributed by atoms with Gasteiger partial charge in [-0.1, -0.05) is 48.0 Å². The summed E-state index contributed by atoms with van der Waals surface area (Å²) in [6, 6.07) is 19.4. The molecule has 1 N–H and O–H groups in total. The average Bonchev–Trinajstić information content (AvgIpc) is 2.88. The Morgan fingerprint density at radius 2 is 1.75 bits per heavy atom. The zero-order chi connectivity index (χ0) is 22.8. The molecule has 0 radical (unpaired) electrons. The molecule has 1 aliphatic heterocycles. The lowest BCUT2D eigenvalue weighted by molar-refractivity contribution is -0.120. The second kappa shape index (κ2) is 8.79. The maximum absolute atomic E-state index is 13.3. The summed E-state index contributed by atoms with van der Waals surface area (Å²) in [6.07, 6.45) is 0.134. The highest BCUT2D eigenvalue weighted by Crippen LogP contribution is 2.33. The minimum absolute atomic E-state index is 0.0705. The number of carbonyl (C=O) groups excluding carboxylic acids is 2. The SMILES string of the molecule is Cc1ccc(C2=Nc3ccccc3N(CC(=O)Nc3cccc(C)c3C)C(=O)C2)c(C)c1. The van der Waals surface area contributed by atoms with E-state index in [2.05, 4.69) is 11.4 Å². The molecule has 0 saturated carbocycles. The standard InChI is InChI=1S/C27H27N3O2/c1-17-12-13-21(19(3)14-17)24-15-27(32)30(25-11-6-5-9-23(25)28-24)16-26(31)29-22-10-7-8-18(2)20(22)4/h5-14H,15-16H2,1-4H3,(H,29,31). The number of rotatable bonds is 4. The Kier molecular flexibility index (Phi) is 5.91. The minimum Gasteiger partial charge on any atom is -0.324 e. The highest BCUT2D eigenvalue weighted by molar-refractivity contribution is 6.19. The van der Waals surface area contributed by atoms with Gasteiger partial charge in [0.05, 0.1) is 23.5 Å². The number of para-hydroxylation sites is 2. The van der Waals surface area contributed by atoms with Crippen LogP contribution in [0.25, 0.3) is 0 Å². The van der Waals surface area contributed by atoms with Crippen LogP contribution in [-0.4, -0.2) is 24.1 Å². The lowest BCUT2D eigenvalue weighted by Crippen LogP contribution is -2.38. The van der Waals surface area contributed by atoms with E-state index >= 15 is 0 Å². The summed E-state index contributed by atoms with van der Waals surface area (Å²) in [7, 11) is 0. The van der Waals surface area contributed by atoms with Crippen LogP contribution in [-0.2, 0) is 9.59 Å². The first-order chi connectivity index (χ1) is 15.3. The third kappa shape index (κ3) is 4.33. The molecular weight excluding hydrogens is 398 g/mol. The van der Waals surface area contributed by atoms with E-state index in [1.165, 1.54) is 4.90 Å². The van der Waals surface area contributed by atoms with Crippen molar-refractivity contribution in [3.63, 3.8) is 0 Å². The van der Waals surface area contributed by atoms with E-state index in [4.69, 9.17) is 4.99 Å². The average molecular weight is 426 g/mol. The maximum Gasteiger partial charge on any atom is 0.244 e. The Morgan fingerprint density at radius 1 is 0.969 bits per heavy atom. The van der Waals surface area contributed by atoms with Crippen LogP contribution in [0.15, 0.2) is 65.7 Å². The second-order valence-corrected chi connectivity index (χ2v) is 8.32. The van der Waals surface area contributed by atoms with Crippen molar-refractivity contribution in [3.05, 3.63) is 88.5 Å². The van der Waals surface area contributed by atoms with Crippen molar-refractivity contribution < 1.29 is 9.59 Å². The summed E-state index contributed by atoms with van der Waals surface area (Å²) < 4.78 is 0. The van der Waals surface area contributed by atoms with Gasteiger partial charge in [-0.15, -0.1) is 0 Å². The Morgan fingerprint density at radius 3 is 2.53 bits per heavy atom. The van der Waals surface area contributed by atoms with Gasteiger partial charge in [-0.2, -0.15) is 0 Å². The number of anilines is 2. The number of hydrogen-bond acceptors (Lipinski definition) is 3. The Balaban J connectivity index is 1.64. The van der Waals surface area contributed by atoms with Crippen LogP contribution in [0.3, 0.4) is 0 Å². The molecule has 0 atom stereocenters. The highest BCUT2D eigenvalue weighted by atomic mass is 16.2. The molecule has 32 heavy (non-hydrogen) atoms. The van der Waals surface area contributed by atoms with Crippen LogP contribution in [0.5, 0.6) is 0 Å². The molecule has 0 bridgehead atoms. The molecule has 4 rings (SSSR count). The number of carbonyl (C=O) groups is 2. The number of nitrogens with one attached hydrogen (secondary N) is 1. The molecule has 1 aliphatic rings. The van der Waals surface area contributed by atoms with Crippen LogP contribution in [0.2, 0.25) is 0 Å². The van der Waals surface area contributed by atoms with E-state index in [0.717, 1.165) is 39.2 Å². The second-order valence-electron chi connectivity index (χ2n) is 8.32. The number of fused-ring (bicyclic) bond motifs is 1. The molecule has 2 amide bonds. The monoisotopic (exact) mass is 425 g/mol. The zero-order valence-corrected chi connectivity index (χ0v) is 18.9. The van der Waals surface area contributed by atoms with Crippen LogP contribution < -0.4 is 10.2 Å². The van der Waals surface area contributed by atoms with Crippen LogP contribution in [0, 0.1) is 27.7 Å². The van der Waals surface area contributed by atoms with Crippen molar-refractivity contribution >= 4 is 34.6 Å². The number of aryl methyl sites for hydroxylation is 3. The molecule has 0 aromatic heterocycles. The van der Waals surface area contributed by atoms with Gasteiger partial charge in [-0.3, -0.25) is 14.6 Å². The molecule has 3 aromatic rings. The molecule has 0 saturated heterocycles. The summed E-state index contributed by atoms with van der Waals surface area (Å²) in [5, 5.41) is 2.96. The predicted octanol–water partition coefficient (Wildman–Crippen LogP) is 5.42. The minimum atomic E-state index is -0.239. The summed E-state index contributed by atoms with van der Waals surface area (Å²) in [6.45, 7) is 7.98. The molecular formula is C27H27N3O2. The van der Waals surface area contributed by atoms with Gasteiger partial charge in [-0.25, -0.2) is 0 Å². The topological polar surface area (TPSA) is 61.8 Å². The molecule has 0 spiro atoms. The highest BCUT2D eigenvalue weighted by Gasteiger charge is 2.27. The van der Waals surface area contributed by atoms with Crippen LogP contribution >= 0.6 is 0 Å². The smallest absolute Gasteiger partial charge is 0.244 e. The van der Waals surface area contributed by atoms with Crippen molar-refractivity contribution in [2.45, 2.75) is 34.1 Å². The number of benzene rings is 3. The lowest BCUT2D eigenvalue weighted by Gasteiger charge is -2.22. The van der Waals surface area contributed by atoms with Gasteiger partial charge in [0.2, 0.25) is 11.8 Å². The zero-order valence-electron chi connectivity index (χ0n) is 18.9. The van der Waals surface area contributed by atoms with Gasteiger partial charge in [0.25, 0.3) is 0 Å². The van der Waals surface area contributed by atoms with Crippen LogP contribution in [0.4, 0.5) is 17.1 Å². The van der Waals surface area contributed by atoms with Gasteiger partial charge < -0.3 is 10.2 Å². The predicted molar refractivity (Wildman–Crippen MR) is 130 cm³/mol. The van der Waals surface area contributed by atoms with Gasteiger partial charge in [-0.05, 0) is 68.1 Å². The first kappa shape index (κ1) is 21.5. The Hall–Kier alpha value is -3.73. The van der Waals surface area contributed by atoms with Gasteiger partial charge in [0.1, 0.15) is 6.54 Å². The van der Waals surface area contributed by atoms with Crippen molar-refractivity contribution in [1.29, 1.82) is 0 Å². The summed E-state index contributed by atoms with van der Waals surface area (Å²) in [4.78, 5) is 32.6. The molecule has 0 fully saturated rings. The van der Waals surface area contributed by atoms with Gasteiger partial charge in [0.15, 0.2) is 0 Å². The lowest BCUT2D eigenvalue weighted by atomic mass is 9.99. The summed E-state index contributed by atoms with van der Waals surface area (Å²) >= 11 is 0. The Bertz CT molecular complexity index is 1240. The summed E-state index contributed by atoms with van der Waals surface area (Å²) in [5.74, 6) is -0.387. The quantitative estimate of drug-likeness (QED) is 0.607. The van der Waals surface area contributed by atoms with Gasteiger partial charge >= 0.3 is 0 Å². The number of hydrogen-bond donors (Lipinski definition) is 1. The maximum atomic E-state index is 13.3. The van der Waals surface area contributed by atoms with Gasteiger partial charge in [0, 0.05) is 5.69 Å². The molecule has 0 unspecified atom stereocenters. The van der Waals surface area contributed by atoms with Crippen LogP contribution in [0.1, 0.15) is 34.2 Å². The molecule has 162 valence electrons. The number of aliphatic imine (C=N–C) groups is 1. The van der Waals surface area contributed by atoms with Crippen molar-refractivity contribution in [3.8, 4) is 0 Å². The molecule has 3 aromatic carbocycles. The van der Waals surface area contributed by atoms with E-state index in [-0.39, 0.29) is 24.8 Å². The first-order valence-corrected chi connectivity index (χ1v) is 10.7. The summed E-state index contributed by atoms with van der Waals surface area (Å²) in [5.41, 5.74) is 8.14. The largest absolute Gasteiger partial charge is 0.324 e. The van der Waals surface area contributed by atoms with E-state index in [9.17, 15) is 9.59 Å². The fourth-order valence-corrected chi connectivity index (χ4v) is 4.03. The van der Waals surface area contributed by atoms with E-state index in [0.29, 0.717) is 11.4 Å². The molecule has 0 aliphatic carbocycles.